The Hall–Kier alpha value is -0.570. The van der Waals surface area contributed by atoms with Crippen LogP contribution < -0.4 is 11.1 Å². The number of hydrogen-bond acceptors (Lipinski definition) is 2. The average Bonchev–Trinajstić information content (AvgIpc) is 2.20. The van der Waals surface area contributed by atoms with E-state index in [0.29, 0.717) is 17.9 Å². The maximum atomic E-state index is 11.6. The van der Waals surface area contributed by atoms with E-state index >= 15 is 0 Å². The van der Waals surface area contributed by atoms with Gasteiger partial charge in [0.25, 0.3) is 0 Å². The Labute approximate surface area is 92.8 Å². The number of hydrogen-bond donors (Lipinski definition) is 2. The van der Waals surface area contributed by atoms with Crippen molar-refractivity contribution in [1.82, 2.24) is 5.32 Å². The molecule has 0 bridgehead atoms. The molecule has 0 radical (unpaired) electrons. The molecule has 1 aliphatic carbocycles. The summed E-state index contributed by atoms with van der Waals surface area (Å²) in [6, 6.07) is 0.0167. The Morgan fingerprint density at radius 2 is 2.00 bits per heavy atom. The minimum atomic E-state index is -0.333. The minimum absolute atomic E-state index is 0.0159. The van der Waals surface area contributed by atoms with Crippen LogP contribution in [0, 0.1) is 5.41 Å². The van der Waals surface area contributed by atoms with Crippen LogP contribution >= 0.6 is 0 Å². The predicted octanol–water partition coefficient (Wildman–Crippen LogP) is 1.81. The van der Waals surface area contributed by atoms with E-state index in [9.17, 15) is 4.79 Å². The van der Waals surface area contributed by atoms with Crippen molar-refractivity contribution in [2.24, 2.45) is 11.1 Å². The molecular formula is C12H24N2O. The normalized spacial score (nSPS) is 23.5. The first-order valence-corrected chi connectivity index (χ1v) is 6.00. The Bertz CT molecular complexity index is 216. The molecule has 0 aromatic carbocycles. The van der Waals surface area contributed by atoms with Gasteiger partial charge in [-0.1, -0.05) is 20.8 Å². The first kappa shape index (κ1) is 12.5. The fourth-order valence-corrected chi connectivity index (χ4v) is 2.04. The molecule has 1 amide bonds. The molecule has 15 heavy (non-hydrogen) atoms. The zero-order valence-electron chi connectivity index (χ0n) is 10.2. The summed E-state index contributed by atoms with van der Waals surface area (Å²) in [4.78, 5) is 11.6. The summed E-state index contributed by atoms with van der Waals surface area (Å²) in [5.41, 5.74) is 6.13. The van der Waals surface area contributed by atoms with E-state index < -0.39 is 0 Å². The van der Waals surface area contributed by atoms with Crippen molar-refractivity contribution in [3.8, 4) is 0 Å². The SMILES string of the molecule is CCC(N)C(=O)NC1CCC(C)(C)CC1. The second-order valence-corrected chi connectivity index (χ2v) is 5.46. The molecule has 1 saturated carbocycles. The van der Waals surface area contributed by atoms with Crippen molar-refractivity contribution >= 4 is 5.91 Å². The summed E-state index contributed by atoms with van der Waals surface area (Å²) in [7, 11) is 0. The minimum Gasteiger partial charge on any atom is -0.352 e. The van der Waals surface area contributed by atoms with Crippen molar-refractivity contribution in [1.29, 1.82) is 0 Å². The highest BCUT2D eigenvalue weighted by Crippen LogP contribution is 2.34. The summed E-state index contributed by atoms with van der Waals surface area (Å²) >= 11 is 0. The van der Waals surface area contributed by atoms with E-state index in [-0.39, 0.29) is 11.9 Å². The van der Waals surface area contributed by atoms with Crippen LogP contribution in [0.1, 0.15) is 52.9 Å². The van der Waals surface area contributed by atoms with Gasteiger partial charge in [0.05, 0.1) is 6.04 Å². The largest absolute Gasteiger partial charge is 0.352 e. The summed E-state index contributed by atoms with van der Waals surface area (Å²) in [5.74, 6) is 0.0159. The molecule has 0 aliphatic heterocycles. The van der Waals surface area contributed by atoms with Gasteiger partial charge in [0.15, 0.2) is 0 Å². The summed E-state index contributed by atoms with van der Waals surface area (Å²) in [5, 5.41) is 3.04. The Kier molecular flexibility index (Phi) is 4.14. The molecule has 3 nitrogen and oxygen atoms in total. The molecule has 88 valence electrons. The first-order valence-electron chi connectivity index (χ1n) is 6.00. The van der Waals surface area contributed by atoms with E-state index in [2.05, 4.69) is 19.2 Å². The Balaban J connectivity index is 2.33. The molecule has 0 aromatic rings. The number of carbonyl (C=O) groups excluding carboxylic acids is 1. The van der Waals surface area contributed by atoms with Crippen LogP contribution in [0.15, 0.2) is 0 Å². The number of nitrogens with two attached hydrogens (primary N) is 1. The summed E-state index contributed by atoms with van der Waals surface area (Å²) < 4.78 is 0. The molecule has 0 saturated heterocycles. The number of rotatable bonds is 3. The number of nitrogens with one attached hydrogen (secondary N) is 1. The van der Waals surface area contributed by atoms with Crippen LogP contribution in [-0.2, 0) is 4.79 Å². The standard InChI is InChI=1S/C12H24N2O/c1-4-10(13)11(15)14-9-5-7-12(2,3)8-6-9/h9-10H,4-8,13H2,1-3H3,(H,14,15). The van der Waals surface area contributed by atoms with Gasteiger partial charge in [-0.25, -0.2) is 0 Å². The molecule has 1 atom stereocenters. The lowest BCUT2D eigenvalue weighted by atomic mass is 9.75. The predicted molar refractivity (Wildman–Crippen MR) is 62.4 cm³/mol. The molecule has 1 aliphatic rings. The maximum Gasteiger partial charge on any atom is 0.237 e. The molecule has 3 N–H and O–H groups in total. The van der Waals surface area contributed by atoms with Gasteiger partial charge in [0, 0.05) is 6.04 Å². The van der Waals surface area contributed by atoms with Crippen LogP contribution in [-0.4, -0.2) is 18.0 Å². The molecular weight excluding hydrogens is 188 g/mol. The third-order valence-electron chi connectivity index (χ3n) is 3.46. The molecule has 0 heterocycles. The van der Waals surface area contributed by atoms with Gasteiger partial charge >= 0.3 is 0 Å². The van der Waals surface area contributed by atoms with E-state index in [1.807, 2.05) is 6.92 Å². The highest BCUT2D eigenvalue weighted by Gasteiger charge is 2.28. The van der Waals surface area contributed by atoms with E-state index in [4.69, 9.17) is 5.73 Å². The molecule has 1 rings (SSSR count). The van der Waals surface area contributed by atoms with Crippen LogP contribution in [0.25, 0.3) is 0 Å². The highest BCUT2D eigenvalue weighted by molar-refractivity contribution is 5.81. The second-order valence-electron chi connectivity index (χ2n) is 5.46. The smallest absolute Gasteiger partial charge is 0.237 e. The van der Waals surface area contributed by atoms with E-state index in [1.165, 1.54) is 12.8 Å². The molecule has 1 fully saturated rings. The van der Waals surface area contributed by atoms with E-state index in [0.717, 1.165) is 12.8 Å². The monoisotopic (exact) mass is 212 g/mol. The van der Waals surface area contributed by atoms with Crippen molar-refractivity contribution in [2.75, 3.05) is 0 Å². The second kappa shape index (κ2) is 4.97. The zero-order valence-corrected chi connectivity index (χ0v) is 10.2. The van der Waals surface area contributed by atoms with Crippen LogP contribution in [0.5, 0.6) is 0 Å². The Morgan fingerprint density at radius 3 is 2.47 bits per heavy atom. The maximum absolute atomic E-state index is 11.6. The molecule has 1 unspecified atom stereocenters. The van der Waals surface area contributed by atoms with Crippen LogP contribution in [0.4, 0.5) is 0 Å². The van der Waals surface area contributed by atoms with Crippen molar-refractivity contribution in [3.63, 3.8) is 0 Å². The molecule has 0 aromatic heterocycles. The topological polar surface area (TPSA) is 55.1 Å². The fraction of sp³-hybridized carbons (Fsp3) is 0.917. The van der Waals surface area contributed by atoms with Crippen LogP contribution in [0.2, 0.25) is 0 Å². The van der Waals surface area contributed by atoms with Gasteiger partial charge in [0.1, 0.15) is 0 Å². The fourth-order valence-electron chi connectivity index (χ4n) is 2.04. The zero-order chi connectivity index (χ0) is 11.5. The van der Waals surface area contributed by atoms with Crippen molar-refractivity contribution < 1.29 is 4.79 Å². The average molecular weight is 212 g/mol. The Morgan fingerprint density at radius 1 is 1.47 bits per heavy atom. The lowest BCUT2D eigenvalue weighted by molar-refractivity contribution is -0.123. The first-order chi connectivity index (χ1) is 6.94. The van der Waals surface area contributed by atoms with Gasteiger partial charge in [-0.05, 0) is 37.5 Å². The highest BCUT2D eigenvalue weighted by atomic mass is 16.2. The van der Waals surface area contributed by atoms with Crippen LogP contribution in [0.3, 0.4) is 0 Å². The van der Waals surface area contributed by atoms with Crippen molar-refractivity contribution in [2.45, 2.75) is 65.0 Å². The van der Waals surface area contributed by atoms with Gasteiger partial charge in [-0.15, -0.1) is 0 Å². The van der Waals surface area contributed by atoms with Gasteiger partial charge in [-0.2, -0.15) is 0 Å². The third kappa shape index (κ3) is 3.82. The summed E-state index contributed by atoms with van der Waals surface area (Å²) in [6.45, 7) is 6.53. The molecule has 3 heteroatoms. The lowest BCUT2D eigenvalue weighted by Crippen LogP contribution is -2.46. The van der Waals surface area contributed by atoms with Gasteiger partial charge < -0.3 is 11.1 Å². The number of amides is 1. The number of carbonyl (C=O) groups is 1. The lowest BCUT2D eigenvalue weighted by Gasteiger charge is -2.34. The van der Waals surface area contributed by atoms with Gasteiger partial charge in [0.2, 0.25) is 5.91 Å². The van der Waals surface area contributed by atoms with Gasteiger partial charge in [-0.3, -0.25) is 4.79 Å². The summed E-state index contributed by atoms with van der Waals surface area (Å²) in [6.07, 6.45) is 5.28. The van der Waals surface area contributed by atoms with E-state index in [1.54, 1.807) is 0 Å². The third-order valence-corrected chi connectivity index (χ3v) is 3.46. The van der Waals surface area contributed by atoms with Crippen molar-refractivity contribution in [3.05, 3.63) is 0 Å². The quantitative estimate of drug-likeness (QED) is 0.749. The molecule has 0 spiro atoms.